The van der Waals surface area contributed by atoms with Crippen molar-refractivity contribution in [1.82, 2.24) is 0 Å². The van der Waals surface area contributed by atoms with Gasteiger partial charge in [0.15, 0.2) is 0 Å². The van der Waals surface area contributed by atoms with Gasteiger partial charge in [0, 0.05) is 5.56 Å². The lowest BCUT2D eigenvalue weighted by atomic mass is 9.90. The van der Waals surface area contributed by atoms with Gasteiger partial charge in [-0.2, -0.15) is 0 Å². The van der Waals surface area contributed by atoms with Gasteiger partial charge in [-0.15, -0.1) is 0 Å². The molecule has 2 nitrogen and oxygen atoms in total. The molecule has 0 saturated carbocycles. The Kier molecular flexibility index (Phi) is 3.59. The summed E-state index contributed by atoms with van der Waals surface area (Å²) in [7, 11) is 0. The SMILES string of the molecule is c1ccc(CO/N=C2\CCCc3ccccc32)cc1. The Morgan fingerprint density at radius 3 is 2.58 bits per heavy atom. The Balaban J connectivity index is 1.71. The zero-order valence-corrected chi connectivity index (χ0v) is 10.9. The molecule has 0 unspecified atom stereocenters. The van der Waals surface area contributed by atoms with Gasteiger partial charge in [0.25, 0.3) is 0 Å². The highest BCUT2D eigenvalue weighted by molar-refractivity contribution is 6.02. The largest absolute Gasteiger partial charge is 0.391 e. The summed E-state index contributed by atoms with van der Waals surface area (Å²) in [6, 6.07) is 18.6. The van der Waals surface area contributed by atoms with Crippen LogP contribution in [0.5, 0.6) is 0 Å². The van der Waals surface area contributed by atoms with Crippen LogP contribution in [0.3, 0.4) is 0 Å². The van der Waals surface area contributed by atoms with Crippen LogP contribution in [0.25, 0.3) is 0 Å². The van der Waals surface area contributed by atoms with E-state index in [1.54, 1.807) is 0 Å². The molecule has 0 aromatic heterocycles. The first-order chi connectivity index (χ1) is 9.43. The summed E-state index contributed by atoms with van der Waals surface area (Å²) in [5, 5.41) is 4.34. The van der Waals surface area contributed by atoms with Crippen LogP contribution in [-0.4, -0.2) is 5.71 Å². The summed E-state index contributed by atoms with van der Waals surface area (Å²) >= 11 is 0. The lowest BCUT2D eigenvalue weighted by molar-refractivity contribution is 0.130. The molecule has 1 aliphatic rings. The van der Waals surface area contributed by atoms with Gasteiger partial charge in [0.05, 0.1) is 5.71 Å². The molecule has 19 heavy (non-hydrogen) atoms. The highest BCUT2D eigenvalue weighted by Crippen LogP contribution is 2.21. The maximum absolute atomic E-state index is 5.50. The van der Waals surface area contributed by atoms with E-state index in [0.717, 1.165) is 30.5 Å². The highest BCUT2D eigenvalue weighted by Gasteiger charge is 2.14. The van der Waals surface area contributed by atoms with E-state index in [0.29, 0.717) is 6.61 Å². The summed E-state index contributed by atoms with van der Waals surface area (Å²) in [4.78, 5) is 5.50. The van der Waals surface area contributed by atoms with Gasteiger partial charge in [-0.3, -0.25) is 0 Å². The Hall–Kier alpha value is -2.09. The van der Waals surface area contributed by atoms with Crippen molar-refractivity contribution in [2.75, 3.05) is 0 Å². The molecule has 0 aliphatic heterocycles. The molecule has 0 bridgehead atoms. The first-order valence-electron chi connectivity index (χ1n) is 6.74. The Morgan fingerprint density at radius 2 is 1.68 bits per heavy atom. The number of hydrogen-bond donors (Lipinski definition) is 0. The smallest absolute Gasteiger partial charge is 0.142 e. The van der Waals surface area contributed by atoms with Crippen molar-refractivity contribution in [3.63, 3.8) is 0 Å². The molecule has 3 rings (SSSR count). The van der Waals surface area contributed by atoms with Crippen molar-refractivity contribution in [3.05, 3.63) is 71.3 Å². The minimum Gasteiger partial charge on any atom is -0.391 e. The van der Waals surface area contributed by atoms with E-state index in [9.17, 15) is 0 Å². The van der Waals surface area contributed by atoms with Crippen LogP contribution < -0.4 is 0 Å². The van der Waals surface area contributed by atoms with Gasteiger partial charge in [-0.1, -0.05) is 59.8 Å². The van der Waals surface area contributed by atoms with Crippen LogP contribution in [-0.2, 0) is 17.9 Å². The molecule has 0 atom stereocenters. The van der Waals surface area contributed by atoms with Crippen LogP contribution in [0.15, 0.2) is 59.8 Å². The lowest BCUT2D eigenvalue weighted by Crippen LogP contribution is -2.12. The lowest BCUT2D eigenvalue weighted by Gasteiger charge is -2.16. The summed E-state index contributed by atoms with van der Waals surface area (Å²) in [6.07, 6.45) is 3.31. The molecule has 1 aliphatic carbocycles. The maximum Gasteiger partial charge on any atom is 0.142 e. The molecule has 0 N–H and O–H groups in total. The summed E-state index contributed by atoms with van der Waals surface area (Å²) in [5.74, 6) is 0. The zero-order chi connectivity index (χ0) is 12.9. The molecule has 2 aromatic rings. The van der Waals surface area contributed by atoms with E-state index in [1.165, 1.54) is 11.1 Å². The number of fused-ring (bicyclic) bond motifs is 1. The van der Waals surface area contributed by atoms with Crippen LogP contribution in [0.2, 0.25) is 0 Å². The topological polar surface area (TPSA) is 21.6 Å². The third kappa shape index (κ3) is 2.84. The van der Waals surface area contributed by atoms with Crippen LogP contribution in [0, 0.1) is 0 Å². The number of oxime groups is 1. The fraction of sp³-hybridized carbons (Fsp3) is 0.235. The van der Waals surface area contributed by atoms with Gasteiger partial charge in [-0.05, 0) is 30.4 Å². The van der Waals surface area contributed by atoms with E-state index in [4.69, 9.17) is 4.84 Å². The second-order valence-corrected chi connectivity index (χ2v) is 4.81. The standard InChI is InChI=1S/C17H17NO/c1-2-7-14(8-3-1)13-19-18-17-12-6-10-15-9-4-5-11-16(15)17/h1-5,7-9,11H,6,10,12-13H2/b18-17+. The third-order valence-corrected chi connectivity index (χ3v) is 3.44. The Bertz CT molecular complexity index is 575. The second kappa shape index (κ2) is 5.70. The van der Waals surface area contributed by atoms with Crippen LogP contribution in [0.1, 0.15) is 29.5 Å². The van der Waals surface area contributed by atoms with Crippen molar-refractivity contribution in [2.45, 2.75) is 25.9 Å². The minimum absolute atomic E-state index is 0.534. The molecule has 0 amide bonds. The van der Waals surface area contributed by atoms with E-state index in [-0.39, 0.29) is 0 Å². The van der Waals surface area contributed by atoms with Crippen molar-refractivity contribution in [1.29, 1.82) is 0 Å². The fourth-order valence-electron chi connectivity index (χ4n) is 2.45. The van der Waals surface area contributed by atoms with E-state index >= 15 is 0 Å². The number of aryl methyl sites for hydroxylation is 1. The second-order valence-electron chi connectivity index (χ2n) is 4.81. The predicted molar refractivity (Wildman–Crippen MR) is 77.1 cm³/mol. The zero-order valence-electron chi connectivity index (χ0n) is 10.9. The number of rotatable bonds is 3. The number of benzene rings is 2. The highest BCUT2D eigenvalue weighted by atomic mass is 16.6. The molecular formula is C17H17NO. The molecule has 2 heteroatoms. The fourth-order valence-corrected chi connectivity index (χ4v) is 2.45. The molecule has 2 aromatic carbocycles. The minimum atomic E-state index is 0.534. The van der Waals surface area contributed by atoms with Crippen molar-refractivity contribution in [2.24, 2.45) is 5.16 Å². The van der Waals surface area contributed by atoms with Gasteiger partial charge >= 0.3 is 0 Å². The van der Waals surface area contributed by atoms with Crippen molar-refractivity contribution >= 4 is 5.71 Å². The van der Waals surface area contributed by atoms with Gasteiger partial charge in [0.1, 0.15) is 6.61 Å². The molecule has 96 valence electrons. The summed E-state index contributed by atoms with van der Waals surface area (Å²) in [5.41, 5.74) is 4.87. The van der Waals surface area contributed by atoms with E-state index < -0.39 is 0 Å². The van der Waals surface area contributed by atoms with E-state index in [2.05, 4.69) is 41.6 Å². The molecule has 0 heterocycles. The van der Waals surface area contributed by atoms with Crippen molar-refractivity contribution < 1.29 is 4.84 Å². The third-order valence-electron chi connectivity index (χ3n) is 3.44. The average Bonchev–Trinajstić information content (AvgIpc) is 2.49. The monoisotopic (exact) mass is 251 g/mol. The molecule has 0 radical (unpaired) electrons. The molecular weight excluding hydrogens is 234 g/mol. The summed E-state index contributed by atoms with van der Waals surface area (Å²) < 4.78 is 0. The number of nitrogens with zero attached hydrogens (tertiary/aromatic N) is 1. The van der Waals surface area contributed by atoms with Crippen molar-refractivity contribution in [3.8, 4) is 0 Å². The van der Waals surface area contributed by atoms with Crippen LogP contribution >= 0.6 is 0 Å². The maximum atomic E-state index is 5.50. The normalized spacial score (nSPS) is 16.1. The van der Waals surface area contributed by atoms with Crippen LogP contribution in [0.4, 0.5) is 0 Å². The predicted octanol–water partition coefficient (Wildman–Crippen LogP) is 3.94. The van der Waals surface area contributed by atoms with Gasteiger partial charge in [0.2, 0.25) is 0 Å². The molecule has 0 spiro atoms. The van der Waals surface area contributed by atoms with Gasteiger partial charge < -0.3 is 4.84 Å². The number of hydrogen-bond acceptors (Lipinski definition) is 2. The Labute approximate surface area is 113 Å². The first kappa shape index (κ1) is 12.0. The van der Waals surface area contributed by atoms with Gasteiger partial charge in [-0.25, -0.2) is 0 Å². The quantitative estimate of drug-likeness (QED) is 0.757. The average molecular weight is 251 g/mol. The Morgan fingerprint density at radius 1 is 0.895 bits per heavy atom. The van der Waals surface area contributed by atoms with E-state index in [1.807, 2.05) is 18.2 Å². The first-order valence-corrected chi connectivity index (χ1v) is 6.74. The summed E-state index contributed by atoms with van der Waals surface area (Å²) in [6.45, 7) is 0.534. The molecule has 0 saturated heterocycles. The molecule has 0 fully saturated rings.